The van der Waals surface area contributed by atoms with Crippen LogP contribution in [0.25, 0.3) is 0 Å². The molecule has 0 fully saturated rings. The van der Waals surface area contributed by atoms with Gasteiger partial charge in [0, 0.05) is 12.1 Å². The zero-order valence-electron chi connectivity index (χ0n) is 11.2. The number of benzene rings is 1. The van der Waals surface area contributed by atoms with Crippen molar-refractivity contribution in [1.82, 2.24) is 10.5 Å². The van der Waals surface area contributed by atoms with E-state index in [2.05, 4.69) is 23.5 Å². The Morgan fingerprint density at radius 1 is 1.42 bits per heavy atom. The highest BCUT2D eigenvalue weighted by atomic mass is 16.5. The molecule has 0 saturated heterocycles. The SMILES string of the molecule is CCc1cc(CN[C@@H](C)c2cccc(C#N)c2)on1. The van der Waals surface area contributed by atoms with Crippen LogP contribution in [0.2, 0.25) is 0 Å². The second kappa shape index (κ2) is 6.17. The monoisotopic (exact) mass is 255 g/mol. The predicted octanol–water partition coefficient (Wildman–Crippen LogP) is 2.96. The van der Waals surface area contributed by atoms with E-state index in [0.717, 1.165) is 23.4 Å². The Hall–Kier alpha value is -2.12. The van der Waals surface area contributed by atoms with Crippen LogP contribution in [0.4, 0.5) is 0 Å². The van der Waals surface area contributed by atoms with Crippen LogP contribution in [0, 0.1) is 11.3 Å². The molecule has 0 unspecified atom stereocenters. The number of nitriles is 1. The van der Waals surface area contributed by atoms with E-state index in [-0.39, 0.29) is 6.04 Å². The fourth-order valence-corrected chi connectivity index (χ4v) is 1.85. The lowest BCUT2D eigenvalue weighted by atomic mass is 10.1. The van der Waals surface area contributed by atoms with Crippen LogP contribution in [0.5, 0.6) is 0 Å². The topological polar surface area (TPSA) is 61.9 Å². The summed E-state index contributed by atoms with van der Waals surface area (Å²) in [7, 11) is 0. The van der Waals surface area contributed by atoms with Crippen LogP contribution in [-0.4, -0.2) is 5.16 Å². The Kier molecular flexibility index (Phi) is 4.32. The maximum Gasteiger partial charge on any atom is 0.150 e. The van der Waals surface area contributed by atoms with E-state index in [1.807, 2.05) is 31.2 Å². The molecule has 1 aromatic heterocycles. The van der Waals surface area contributed by atoms with Crippen molar-refractivity contribution in [3.05, 3.63) is 52.9 Å². The molecule has 19 heavy (non-hydrogen) atoms. The second-order valence-corrected chi connectivity index (χ2v) is 4.48. The molecular weight excluding hydrogens is 238 g/mol. The summed E-state index contributed by atoms with van der Waals surface area (Å²) in [6.07, 6.45) is 0.878. The summed E-state index contributed by atoms with van der Waals surface area (Å²) in [5.41, 5.74) is 2.74. The van der Waals surface area contributed by atoms with Gasteiger partial charge in [0.25, 0.3) is 0 Å². The summed E-state index contributed by atoms with van der Waals surface area (Å²) in [5.74, 6) is 0.833. The third-order valence-electron chi connectivity index (χ3n) is 3.07. The van der Waals surface area contributed by atoms with Gasteiger partial charge >= 0.3 is 0 Å². The Morgan fingerprint density at radius 2 is 2.26 bits per heavy atom. The summed E-state index contributed by atoms with van der Waals surface area (Å²) in [5, 5.41) is 16.2. The lowest BCUT2D eigenvalue weighted by Crippen LogP contribution is -2.17. The minimum atomic E-state index is 0.156. The minimum absolute atomic E-state index is 0.156. The number of nitrogens with one attached hydrogen (secondary N) is 1. The van der Waals surface area contributed by atoms with E-state index in [1.165, 1.54) is 0 Å². The van der Waals surface area contributed by atoms with Crippen molar-refractivity contribution in [2.45, 2.75) is 32.9 Å². The largest absolute Gasteiger partial charge is 0.360 e. The van der Waals surface area contributed by atoms with Gasteiger partial charge in [-0.05, 0) is 31.0 Å². The van der Waals surface area contributed by atoms with E-state index in [4.69, 9.17) is 9.78 Å². The average Bonchev–Trinajstić information content (AvgIpc) is 2.93. The van der Waals surface area contributed by atoms with Gasteiger partial charge in [0.15, 0.2) is 5.76 Å². The standard InChI is InChI=1S/C15H17N3O/c1-3-14-8-15(19-18-14)10-17-11(2)13-6-4-5-12(7-13)9-16/h4-8,11,17H,3,10H2,1-2H3/t11-/m0/s1. The molecule has 1 aromatic carbocycles. The molecule has 0 aliphatic heterocycles. The summed E-state index contributed by atoms with van der Waals surface area (Å²) < 4.78 is 5.22. The van der Waals surface area contributed by atoms with Crippen molar-refractivity contribution in [2.24, 2.45) is 0 Å². The van der Waals surface area contributed by atoms with Crippen LogP contribution in [-0.2, 0) is 13.0 Å². The van der Waals surface area contributed by atoms with Gasteiger partial charge in [-0.3, -0.25) is 0 Å². The minimum Gasteiger partial charge on any atom is -0.360 e. The van der Waals surface area contributed by atoms with E-state index in [0.29, 0.717) is 12.1 Å². The van der Waals surface area contributed by atoms with E-state index in [9.17, 15) is 0 Å². The van der Waals surface area contributed by atoms with Crippen LogP contribution in [0.3, 0.4) is 0 Å². The zero-order chi connectivity index (χ0) is 13.7. The Balaban J connectivity index is 1.97. The van der Waals surface area contributed by atoms with Crippen LogP contribution in [0.1, 0.15) is 42.5 Å². The zero-order valence-corrected chi connectivity index (χ0v) is 11.2. The van der Waals surface area contributed by atoms with Crippen molar-refractivity contribution < 1.29 is 4.52 Å². The van der Waals surface area contributed by atoms with Crippen molar-refractivity contribution in [1.29, 1.82) is 5.26 Å². The van der Waals surface area contributed by atoms with Gasteiger partial charge in [-0.2, -0.15) is 5.26 Å². The van der Waals surface area contributed by atoms with Crippen molar-refractivity contribution >= 4 is 0 Å². The first-order valence-electron chi connectivity index (χ1n) is 6.41. The molecule has 0 bridgehead atoms. The maximum absolute atomic E-state index is 8.89. The highest BCUT2D eigenvalue weighted by Gasteiger charge is 2.08. The summed E-state index contributed by atoms with van der Waals surface area (Å²) >= 11 is 0. The molecule has 4 nitrogen and oxygen atoms in total. The number of rotatable bonds is 5. The molecule has 0 spiro atoms. The van der Waals surface area contributed by atoms with Gasteiger partial charge in [-0.15, -0.1) is 0 Å². The first-order valence-corrected chi connectivity index (χ1v) is 6.41. The van der Waals surface area contributed by atoms with Crippen molar-refractivity contribution in [2.75, 3.05) is 0 Å². The van der Waals surface area contributed by atoms with Crippen LogP contribution < -0.4 is 5.32 Å². The number of aryl methyl sites for hydroxylation is 1. The molecule has 4 heteroatoms. The number of nitrogens with zero attached hydrogens (tertiary/aromatic N) is 2. The van der Waals surface area contributed by atoms with E-state index >= 15 is 0 Å². The van der Waals surface area contributed by atoms with Gasteiger partial charge < -0.3 is 9.84 Å². The van der Waals surface area contributed by atoms with E-state index in [1.54, 1.807) is 6.07 Å². The highest BCUT2D eigenvalue weighted by Crippen LogP contribution is 2.15. The Morgan fingerprint density at radius 3 is 2.95 bits per heavy atom. The molecule has 98 valence electrons. The van der Waals surface area contributed by atoms with Crippen molar-refractivity contribution in [3.8, 4) is 6.07 Å². The normalized spacial score (nSPS) is 12.1. The first kappa shape index (κ1) is 13.3. The molecule has 0 radical (unpaired) electrons. The average molecular weight is 255 g/mol. The predicted molar refractivity (Wildman–Crippen MR) is 72.3 cm³/mol. The summed E-state index contributed by atoms with van der Waals surface area (Å²) in [4.78, 5) is 0. The highest BCUT2D eigenvalue weighted by molar-refractivity contribution is 5.34. The van der Waals surface area contributed by atoms with Gasteiger partial charge in [0.2, 0.25) is 0 Å². The molecule has 0 amide bonds. The fraction of sp³-hybridized carbons (Fsp3) is 0.333. The smallest absolute Gasteiger partial charge is 0.150 e. The third-order valence-corrected chi connectivity index (χ3v) is 3.07. The molecule has 1 heterocycles. The molecule has 1 atom stereocenters. The van der Waals surface area contributed by atoms with Gasteiger partial charge in [-0.1, -0.05) is 24.2 Å². The van der Waals surface area contributed by atoms with Crippen molar-refractivity contribution in [3.63, 3.8) is 0 Å². The molecule has 2 aromatic rings. The Bertz CT molecular complexity index is 583. The Labute approximate surface area is 113 Å². The number of hydrogen-bond donors (Lipinski definition) is 1. The molecule has 0 saturated carbocycles. The molecule has 1 N–H and O–H groups in total. The van der Waals surface area contributed by atoms with Crippen LogP contribution in [0.15, 0.2) is 34.9 Å². The molecule has 0 aliphatic carbocycles. The second-order valence-electron chi connectivity index (χ2n) is 4.48. The van der Waals surface area contributed by atoms with E-state index < -0.39 is 0 Å². The quantitative estimate of drug-likeness (QED) is 0.892. The fourth-order valence-electron chi connectivity index (χ4n) is 1.85. The van der Waals surface area contributed by atoms with Gasteiger partial charge in [0.1, 0.15) is 0 Å². The van der Waals surface area contributed by atoms with Gasteiger partial charge in [0.05, 0.1) is 23.9 Å². The van der Waals surface area contributed by atoms with Crippen LogP contribution >= 0.6 is 0 Å². The number of hydrogen-bond acceptors (Lipinski definition) is 4. The molecular formula is C15H17N3O. The number of aromatic nitrogens is 1. The summed E-state index contributed by atoms with van der Waals surface area (Å²) in [6.45, 7) is 4.74. The maximum atomic E-state index is 8.89. The lowest BCUT2D eigenvalue weighted by molar-refractivity contribution is 0.361. The third kappa shape index (κ3) is 3.43. The molecule has 2 rings (SSSR count). The molecule has 0 aliphatic rings. The first-order chi connectivity index (χ1) is 9.22. The van der Waals surface area contributed by atoms with Gasteiger partial charge in [-0.25, -0.2) is 0 Å². The lowest BCUT2D eigenvalue weighted by Gasteiger charge is -2.13. The summed E-state index contributed by atoms with van der Waals surface area (Å²) in [6, 6.07) is 11.9.